The fourth-order valence-electron chi connectivity index (χ4n) is 3.37. The summed E-state index contributed by atoms with van der Waals surface area (Å²) in [5.74, 6) is 0.834. The van der Waals surface area contributed by atoms with Crippen molar-refractivity contribution in [2.45, 2.75) is 12.8 Å². The summed E-state index contributed by atoms with van der Waals surface area (Å²) >= 11 is 1.42. The number of benzene rings is 2. The molecule has 0 unspecified atom stereocenters. The summed E-state index contributed by atoms with van der Waals surface area (Å²) in [4.78, 5) is 21.4. The molecule has 1 fully saturated rings. The van der Waals surface area contributed by atoms with Crippen LogP contribution in [-0.4, -0.2) is 46.5 Å². The molecule has 1 aliphatic heterocycles. The van der Waals surface area contributed by atoms with Crippen LogP contribution in [0.1, 0.15) is 23.4 Å². The SMILES string of the molecule is N#Cc1ccc(NC(=O)N2CCCN(c3nc(Cc4ccccc4)ns3)CC2)cc1. The Morgan fingerprint density at radius 1 is 1.07 bits per heavy atom. The number of aromatic nitrogens is 2. The van der Waals surface area contributed by atoms with Crippen molar-refractivity contribution in [2.75, 3.05) is 36.4 Å². The van der Waals surface area contributed by atoms with E-state index < -0.39 is 0 Å². The predicted octanol–water partition coefficient (Wildman–Crippen LogP) is 3.74. The fourth-order valence-corrected chi connectivity index (χ4v) is 4.10. The minimum atomic E-state index is -0.122. The molecule has 0 aliphatic carbocycles. The Kier molecular flexibility index (Phi) is 6.20. The molecule has 2 aromatic carbocycles. The van der Waals surface area contributed by atoms with Crippen molar-refractivity contribution >= 4 is 28.4 Å². The van der Waals surface area contributed by atoms with Crippen molar-refractivity contribution in [2.24, 2.45) is 0 Å². The summed E-state index contributed by atoms with van der Waals surface area (Å²) in [6.45, 7) is 2.88. The Labute approximate surface area is 179 Å². The first-order valence-electron chi connectivity index (χ1n) is 9.89. The smallest absolute Gasteiger partial charge is 0.321 e. The Hall–Kier alpha value is -3.44. The molecule has 152 valence electrons. The summed E-state index contributed by atoms with van der Waals surface area (Å²) in [6, 6.07) is 19.0. The second-order valence-electron chi connectivity index (χ2n) is 7.10. The highest BCUT2D eigenvalue weighted by Crippen LogP contribution is 2.21. The topological polar surface area (TPSA) is 85.2 Å². The lowest BCUT2D eigenvalue weighted by Gasteiger charge is -2.22. The molecule has 4 rings (SSSR count). The predicted molar refractivity (Wildman–Crippen MR) is 118 cm³/mol. The first-order chi connectivity index (χ1) is 14.7. The van der Waals surface area contributed by atoms with Gasteiger partial charge >= 0.3 is 6.03 Å². The third-order valence-corrected chi connectivity index (χ3v) is 5.80. The number of rotatable bonds is 4. The van der Waals surface area contributed by atoms with E-state index in [9.17, 15) is 4.79 Å². The van der Waals surface area contributed by atoms with Gasteiger partial charge in [0.1, 0.15) is 5.82 Å². The second-order valence-corrected chi connectivity index (χ2v) is 7.83. The van der Waals surface area contributed by atoms with Gasteiger partial charge in [0.05, 0.1) is 11.6 Å². The maximum atomic E-state index is 12.6. The molecular weight excluding hydrogens is 396 g/mol. The third-order valence-electron chi connectivity index (χ3n) is 4.98. The van der Waals surface area contributed by atoms with Crippen molar-refractivity contribution in [1.29, 1.82) is 5.26 Å². The van der Waals surface area contributed by atoms with Crippen LogP contribution in [0.25, 0.3) is 0 Å². The largest absolute Gasteiger partial charge is 0.345 e. The molecule has 8 heteroatoms. The number of carbonyl (C=O) groups excluding carboxylic acids is 1. The molecule has 0 spiro atoms. The van der Waals surface area contributed by atoms with Gasteiger partial charge < -0.3 is 15.1 Å². The van der Waals surface area contributed by atoms with Gasteiger partial charge in [-0.1, -0.05) is 30.3 Å². The first kappa shape index (κ1) is 19.9. The van der Waals surface area contributed by atoms with Crippen molar-refractivity contribution in [3.05, 3.63) is 71.5 Å². The quantitative estimate of drug-likeness (QED) is 0.698. The van der Waals surface area contributed by atoms with Gasteiger partial charge in [-0.2, -0.15) is 9.64 Å². The van der Waals surface area contributed by atoms with Crippen LogP contribution in [0.5, 0.6) is 0 Å². The van der Waals surface area contributed by atoms with E-state index in [1.807, 2.05) is 23.1 Å². The van der Waals surface area contributed by atoms with E-state index >= 15 is 0 Å². The van der Waals surface area contributed by atoms with Crippen molar-refractivity contribution in [3.63, 3.8) is 0 Å². The molecular formula is C22H22N6OS. The van der Waals surface area contributed by atoms with Crippen LogP contribution in [0.15, 0.2) is 54.6 Å². The standard InChI is InChI=1S/C22H22N6OS/c23-16-18-7-9-19(10-8-18)24-21(29)27-11-4-12-28(14-13-27)22-25-20(26-30-22)15-17-5-2-1-3-6-17/h1-3,5-10H,4,11-15H2,(H,24,29). The van der Waals surface area contributed by atoms with Gasteiger partial charge in [0.2, 0.25) is 5.13 Å². The van der Waals surface area contributed by atoms with Crippen LogP contribution >= 0.6 is 11.5 Å². The van der Waals surface area contributed by atoms with Crippen molar-refractivity contribution in [3.8, 4) is 6.07 Å². The summed E-state index contributed by atoms with van der Waals surface area (Å²) in [7, 11) is 0. The van der Waals surface area contributed by atoms with Gasteiger partial charge in [0.25, 0.3) is 0 Å². The van der Waals surface area contributed by atoms with E-state index in [0.29, 0.717) is 24.3 Å². The number of urea groups is 1. The number of nitrogens with zero attached hydrogens (tertiary/aromatic N) is 5. The molecule has 0 bridgehead atoms. The Morgan fingerprint density at radius 2 is 1.87 bits per heavy atom. The van der Waals surface area contributed by atoms with E-state index in [2.05, 4.69) is 32.8 Å². The number of hydrogen-bond acceptors (Lipinski definition) is 6. The minimum absolute atomic E-state index is 0.122. The number of nitrogens with one attached hydrogen (secondary N) is 1. The average molecular weight is 419 g/mol. The fraction of sp³-hybridized carbons (Fsp3) is 0.273. The molecule has 3 aromatic rings. The zero-order chi connectivity index (χ0) is 20.8. The van der Waals surface area contributed by atoms with Crippen molar-refractivity contribution < 1.29 is 4.79 Å². The van der Waals surface area contributed by atoms with Gasteiger partial charge in [-0.15, -0.1) is 0 Å². The molecule has 1 saturated heterocycles. The molecule has 7 nitrogen and oxygen atoms in total. The molecule has 0 radical (unpaired) electrons. The van der Waals surface area contributed by atoms with Gasteiger partial charge in [-0.3, -0.25) is 0 Å². The molecule has 30 heavy (non-hydrogen) atoms. The van der Waals surface area contributed by atoms with Crippen LogP contribution < -0.4 is 10.2 Å². The highest BCUT2D eigenvalue weighted by atomic mass is 32.1. The number of carbonyl (C=O) groups is 1. The Morgan fingerprint density at radius 3 is 2.63 bits per heavy atom. The second kappa shape index (κ2) is 9.37. The molecule has 0 atom stereocenters. The van der Waals surface area contributed by atoms with E-state index in [1.54, 1.807) is 24.3 Å². The Balaban J connectivity index is 1.33. The highest BCUT2D eigenvalue weighted by molar-refractivity contribution is 7.09. The zero-order valence-corrected chi connectivity index (χ0v) is 17.3. The lowest BCUT2D eigenvalue weighted by molar-refractivity contribution is 0.215. The molecule has 2 heterocycles. The highest BCUT2D eigenvalue weighted by Gasteiger charge is 2.21. The zero-order valence-electron chi connectivity index (χ0n) is 16.5. The van der Waals surface area contributed by atoms with Crippen molar-refractivity contribution in [1.82, 2.24) is 14.3 Å². The monoisotopic (exact) mass is 418 g/mol. The van der Waals surface area contributed by atoms with E-state index in [1.165, 1.54) is 17.1 Å². The van der Waals surface area contributed by atoms with Crippen LogP contribution in [0.3, 0.4) is 0 Å². The van der Waals surface area contributed by atoms with Crippen LogP contribution in [0.2, 0.25) is 0 Å². The molecule has 2 amide bonds. The normalized spacial score (nSPS) is 14.1. The molecule has 1 N–H and O–H groups in total. The third kappa shape index (κ3) is 4.93. The van der Waals surface area contributed by atoms with E-state index in [0.717, 1.165) is 36.9 Å². The first-order valence-corrected chi connectivity index (χ1v) is 10.7. The lowest BCUT2D eigenvalue weighted by atomic mass is 10.1. The van der Waals surface area contributed by atoms with E-state index in [4.69, 9.17) is 10.2 Å². The number of anilines is 2. The van der Waals surface area contributed by atoms with Crippen LogP contribution in [-0.2, 0) is 6.42 Å². The van der Waals surface area contributed by atoms with Gasteiger partial charge in [-0.05, 0) is 36.2 Å². The van der Waals surface area contributed by atoms with Gasteiger partial charge in [0, 0.05) is 49.8 Å². The number of nitriles is 1. The number of hydrogen-bond donors (Lipinski definition) is 1. The summed E-state index contributed by atoms with van der Waals surface area (Å²) in [5, 5.41) is 12.7. The van der Waals surface area contributed by atoms with Crippen LogP contribution in [0.4, 0.5) is 15.6 Å². The lowest BCUT2D eigenvalue weighted by Crippen LogP contribution is -2.38. The summed E-state index contributed by atoms with van der Waals surface area (Å²) < 4.78 is 4.51. The minimum Gasteiger partial charge on any atom is -0.345 e. The molecule has 1 aromatic heterocycles. The van der Waals surface area contributed by atoms with Crippen LogP contribution in [0, 0.1) is 11.3 Å². The number of amides is 2. The van der Waals surface area contributed by atoms with E-state index in [-0.39, 0.29) is 6.03 Å². The Bertz CT molecular complexity index is 1030. The van der Waals surface area contributed by atoms with Gasteiger partial charge in [0.15, 0.2) is 0 Å². The van der Waals surface area contributed by atoms with Gasteiger partial charge in [-0.25, -0.2) is 9.78 Å². The maximum Gasteiger partial charge on any atom is 0.321 e. The summed E-state index contributed by atoms with van der Waals surface area (Å²) in [5.41, 5.74) is 2.46. The molecule has 1 aliphatic rings. The average Bonchev–Trinajstić information content (AvgIpc) is 3.09. The maximum absolute atomic E-state index is 12.6. The summed E-state index contributed by atoms with van der Waals surface area (Å²) in [6.07, 6.45) is 1.60. The molecule has 0 saturated carbocycles.